The lowest BCUT2D eigenvalue weighted by molar-refractivity contribution is -0.126. The highest BCUT2D eigenvalue weighted by atomic mass is 79.9. The Hall–Kier alpha value is -2.41. The van der Waals surface area contributed by atoms with Gasteiger partial charge in [0.25, 0.3) is 0 Å². The number of nitrogens with zero attached hydrogens (tertiary/aromatic N) is 4. The minimum absolute atomic E-state index is 0.00779. The predicted octanol–water partition coefficient (Wildman–Crippen LogP) is 4.04. The number of benzene rings is 1. The molecule has 0 unspecified atom stereocenters. The van der Waals surface area contributed by atoms with Crippen LogP contribution in [-0.2, 0) is 4.79 Å². The molecule has 7 heteroatoms. The second-order valence-electron chi connectivity index (χ2n) is 7.41. The number of methoxy groups -OCH3 is 1. The van der Waals surface area contributed by atoms with Crippen LogP contribution in [-0.4, -0.2) is 54.1 Å². The first-order valence-electron chi connectivity index (χ1n) is 9.78. The molecule has 0 spiro atoms. The number of amides is 1. The zero-order valence-electron chi connectivity index (χ0n) is 17.4. The Kier molecular flexibility index (Phi) is 6.90. The maximum absolute atomic E-state index is 12.6. The highest BCUT2D eigenvalue weighted by Crippen LogP contribution is 2.24. The van der Waals surface area contributed by atoms with Gasteiger partial charge in [-0.3, -0.25) is 4.79 Å². The molecule has 6 nitrogen and oxygen atoms in total. The van der Waals surface area contributed by atoms with Gasteiger partial charge in [0.1, 0.15) is 17.4 Å². The first kappa shape index (κ1) is 21.3. The van der Waals surface area contributed by atoms with Gasteiger partial charge >= 0.3 is 0 Å². The molecule has 2 heterocycles. The molecule has 0 aliphatic carbocycles. The largest absolute Gasteiger partial charge is 0.496 e. The number of carbonyl (C=O) groups excluding carboxylic acids is 1. The molecule has 1 amide bonds. The van der Waals surface area contributed by atoms with E-state index < -0.39 is 0 Å². The second-order valence-corrected chi connectivity index (χ2v) is 8.33. The molecular formula is C22H27BrN4O2. The van der Waals surface area contributed by atoms with Gasteiger partial charge in [-0.2, -0.15) is 0 Å². The summed E-state index contributed by atoms with van der Waals surface area (Å²) in [7, 11) is 1.63. The average Bonchev–Trinajstić information content (AvgIpc) is 2.71. The fraction of sp³-hybridized carbons (Fsp3) is 0.409. The lowest BCUT2D eigenvalue weighted by Crippen LogP contribution is -2.48. The van der Waals surface area contributed by atoms with E-state index >= 15 is 0 Å². The highest BCUT2D eigenvalue weighted by Gasteiger charge is 2.21. The van der Waals surface area contributed by atoms with Gasteiger partial charge in [0, 0.05) is 60.0 Å². The van der Waals surface area contributed by atoms with Crippen molar-refractivity contribution in [2.45, 2.75) is 26.7 Å². The average molecular weight is 459 g/mol. The summed E-state index contributed by atoms with van der Waals surface area (Å²) < 4.78 is 6.31. The Morgan fingerprint density at radius 1 is 1.17 bits per heavy atom. The third-order valence-electron chi connectivity index (χ3n) is 4.89. The molecule has 1 aliphatic rings. The third-order valence-corrected chi connectivity index (χ3v) is 5.38. The van der Waals surface area contributed by atoms with Crippen molar-refractivity contribution in [1.82, 2.24) is 14.9 Å². The smallest absolute Gasteiger partial charge is 0.246 e. The van der Waals surface area contributed by atoms with E-state index in [9.17, 15) is 4.79 Å². The summed E-state index contributed by atoms with van der Waals surface area (Å²) in [6.07, 6.45) is 3.42. The van der Waals surface area contributed by atoms with Crippen LogP contribution in [0, 0.1) is 6.92 Å². The second kappa shape index (κ2) is 9.39. The Balaban J connectivity index is 1.64. The van der Waals surface area contributed by atoms with Crippen LogP contribution in [0.2, 0.25) is 0 Å². The maximum atomic E-state index is 12.6. The van der Waals surface area contributed by atoms with Gasteiger partial charge in [-0.1, -0.05) is 29.8 Å². The highest BCUT2D eigenvalue weighted by molar-refractivity contribution is 9.10. The minimum Gasteiger partial charge on any atom is -0.496 e. The first-order chi connectivity index (χ1) is 13.9. The number of rotatable bonds is 5. The molecule has 1 saturated heterocycles. The van der Waals surface area contributed by atoms with Crippen LogP contribution < -0.4 is 9.64 Å². The van der Waals surface area contributed by atoms with Crippen LogP contribution in [0.4, 0.5) is 5.82 Å². The van der Waals surface area contributed by atoms with Crippen LogP contribution in [0.25, 0.3) is 6.08 Å². The summed E-state index contributed by atoms with van der Waals surface area (Å²) in [5, 5.41) is 0. The summed E-state index contributed by atoms with van der Waals surface area (Å²) in [4.78, 5) is 26.0. The van der Waals surface area contributed by atoms with E-state index in [2.05, 4.69) is 39.7 Å². The van der Waals surface area contributed by atoms with E-state index in [4.69, 9.17) is 9.72 Å². The van der Waals surface area contributed by atoms with Gasteiger partial charge in [0.05, 0.1) is 7.11 Å². The topological polar surface area (TPSA) is 58.6 Å². The van der Waals surface area contributed by atoms with E-state index in [1.54, 1.807) is 19.3 Å². The van der Waals surface area contributed by atoms with E-state index in [-0.39, 0.29) is 11.8 Å². The normalized spacial score (nSPS) is 14.7. The number of aromatic nitrogens is 2. The van der Waals surface area contributed by atoms with Crippen LogP contribution in [0.15, 0.2) is 34.8 Å². The van der Waals surface area contributed by atoms with Crippen LogP contribution in [0.5, 0.6) is 5.75 Å². The van der Waals surface area contributed by atoms with E-state index in [1.165, 1.54) is 0 Å². The minimum atomic E-state index is 0.00779. The summed E-state index contributed by atoms with van der Waals surface area (Å²) in [6, 6.07) is 7.74. The summed E-state index contributed by atoms with van der Waals surface area (Å²) in [5.41, 5.74) is 1.84. The number of halogens is 1. The van der Waals surface area contributed by atoms with Crippen molar-refractivity contribution in [3.8, 4) is 5.75 Å². The molecule has 1 fully saturated rings. The molecular weight excluding hydrogens is 432 g/mol. The molecule has 1 aliphatic heterocycles. The molecule has 3 rings (SSSR count). The Morgan fingerprint density at radius 2 is 1.90 bits per heavy atom. The number of piperazine rings is 1. The van der Waals surface area contributed by atoms with Crippen molar-refractivity contribution in [2.75, 3.05) is 38.2 Å². The quantitative estimate of drug-likeness (QED) is 0.632. The number of aryl methyl sites for hydroxylation is 1. The number of hydrogen-bond donors (Lipinski definition) is 0. The fourth-order valence-electron chi connectivity index (χ4n) is 3.25. The van der Waals surface area contributed by atoms with Gasteiger partial charge in [-0.05, 0) is 31.2 Å². The number of anilines is 1. The standard InChI is InChI=1S/C22H27BrN4O2/c1-15(2)22-24-16(3)13-20(25-22)26-9-11-27(12-10-26)21(28)8-5-17-14-18(23)6-7-19(17)29-4/h5-8,13-15H,9-12H2,1-4H3/b8-5+. The molecule has 2 aromatic rings. The number of carbonyl (C=O) groups is 1. The third kappa shape index (κ3) is 5.35. The molecule has 0 atom stereocenters. The van der Waals surface area contributed by atoms with E-state index in [0.29, 0.717) is 13.1 Å². The molecule has 0 radical (unpaired) electrons. The van der Waals surface area contributed by atoms with Gasteiger partial charge in [0.2, 0.25) is 5.91 Å². The molecule has 154 valence electrons. The van der Waals surface area contributed by atoms with Gasteiger partial charge < -0.3 is 14.5 Å². The zero-order chi connectivity index (χ0) is 21.0. The Labute approximate surface area is 180 Å². The number of hydrogen-bond acceptors (Lipinski definition) is 5. The SMILES string of the molecule is COc1ccc(Br)cc1/C=C/C(=O)N1CCN(c2cc(C)nc(C(C)C)n2)CC1. The van der Waals surface area contributed by atoms with Crippen molar-refractivity contribution in [3.63, 3.8) is 0 Å². The van der Waals surface area contributed by atoms with Crippen LogP contribution >= 0.6 is 15.9 Å². The molecule has 0 N–H and O–H groups in total. The summed E-state index contributed by atoms with van der Waals surface area (Å²) in [6.45, 7) is 9.04. The van der Waals surface area contributed by atoms with Crippen LogP contribution in [0.3, 0.4) is 0 Å². The fourth-order valence-corrected chi connectivity index (χ4v) is 3.63. The lowest BCUT2D eigenvalue weighted by Gasteiger charge is -2.35. The summed E-state index contributed by atoms with van der Waals surface area (Å²) >= 11 is 3.46. The zero-order valence-corrected chi connectivity index (χ0v) is 18.9. The van der Waals surface area contributed by atoms with Gasteiger partial charge in [0.15, 0.2) is 0 Å². The molecule has 1 aromatic heterocycles. The van der Waals surface area contributed by atoms with Gasteiger partial charge in [-0.15, -0.1) is 0 Å². The maximum Gasteiger partial charge on any atom is 0.246 e. The van der Waals surface area contributed by atoms with Crippen molar-refractivity contribution in [1.29, 1.82) is 0 Å². The van der Waals surface area contributed by atoms with E-state index in [0.717, 1.165) is 46.2 Å². The van der Waals surface area contributed by atoms with Crippen molar-refractivity contribution < 1.29 is 9.53 Å². The van der Waals surface area contributed by atoms with Crippen LogP contribution in [0.1, 0.15) is 36.8 Å². The molecule has 0 saturated carbocycles. The van der Waals surface area contributed by atoms with Crippen molar-refractivity contribution >= 4 is 33.7 Å². The predicted molar refractivity (Wildman–Crippen MR) is 119 cm³/mol. The Morgan fingerprint density at radius 3 is 2.55 bits per heavy atom. The molecule has 1 aromatic carbocycles. The van der Waals surface area contributed by atoms with E-state index in [1.807, 2.05) is 36.1 Å². The van der Waals surface area contributed by atoms with Crippen molar-refractivity contribution in [2.24, 2.45) is 0 Å². The Bertz CT molecular complexity index is 906. The molecule has 0 bridgehead atoms. The lowest BCUT2D eigenvalue weighted by atomic mass is 10.2. The first-order valence-corrected chi connectivity index (χ1v) is 10.6. The van der Waals surface area contributed by atoms with Gasteiger partial charge in [-0.25, -0.2) is 9.97 Å². The summed E-state index contributed by atoms with van der Waals surface area (Å²) in [5.74, 6) is 2.85. The molecule has 29 heavy (non-hydrogen) atoms. The van der Waals surface area contributed by atoms with Crippen molar-refractivity contribution in [3.05, 3.63) is 51.9 Å². The number of ether oxygens (including phenoxy) is 1. The monoisotopic (exact) mass is 458 g/mol.